The SMILES string of the molecule is CN(C)CC(C)(O)CNC1CCNC1. The Labute approximate surface area is 86.7 Å². The standard InChI is InChI=1S/C10H23N3O/c1-10(14,8-13(2)3)7-12-9-4-5-11-6-9/h9,11-12,14H,4-8H2,1-3H3. The first-order valence-corrected chi connectivity index (χ1v) is 5.31. The smallest absolute Gasteiger partial charge is 0.0869 e. The van der Waals surface area contributed by atoms with Crippen molar-refractivity contribution in [1.29, 1.82) is 0 Å². The van der Waals surface area contributed by atoms with Gasteiger partial charge >= 0.3 is 0 Å². The predicted molar refractivity (Wildman–Crippen MR) is 58.5 cm³/mol. The van der Waals surface area contributed by atoms with Crippen molar-refractivity contribution in [3.05, 3.63) is 0 Å². The molecule has 4 nitrogen and oxygen atoms in total. The molecule has 1 fully saturated rings. The van der Waals surface area contributed by atoms with Gasteiger partial charge in [-0.15, -0.1) is 0 Å². The van der Waals surface area contributed by atoms with Gasteiger partial charge in [0.25, 0.3) is 0 Å². The van der Waals surface area contributed by atoms with Crippen molar-refractivity contribution in [2.24, 2.45) is 0 Å². The van der Waals surface area contributed by atoms with E-state index in [9.17, 15) is 5.11 Å². The summed E-state index contributed by atoms with van der Waals surface area (Å²) in [6.07, 6.45) is 1.16. The third-order valence-corrected chi connectivity index (χ3v) is 2.49. The Hall–Kier alpha value is -0.160. The zero-order chi connectivity index (χ0) is 10.6. The Kier molecular flexibility index (Phi) is 4.31. The van der Waals surface area contributed by atoms with Gasteiger partial charge < -0.3 is 20.6 Å². The Morgan fingerprint density at radius 2 is 2.29 bits per heavy atom. The van der Waals surface area contributed by atoms with Crippen LogP contribution >= 0.6 is 0 Å². The number of aliphatic hydroxyl groups is 1. The number of likely N-dealkylation sites (N-methyl/N-ethyl adjacent to an activating group) is 1. The number of hydrogen-bond donors (Lipinski definition) is 3. The summed E-state index contributed by atoms with van der Waals surface area (Å²) in [5.41, 5.74) is -0.633. The molecule has 1 aliphatic rings. The second-order valence-corrected chi connectivity index (χ2v) is 4.81. The molecule has 1 rings (SSSR count). The fourth-order valence-electron chi connectivity index (χ4n) is 1.93. The molecule has 1 heterocycles. The van der Waals surface area contributed by atoms with Gasteiger partial charge in [0.2, 0.25) is 0 Å². The third-order valence-electron chi connectivity index (χ3n) is 2.49. The van der Waals surface area contributed by atoms with E-state index in [-0.39, 0.29) is 0 Å². The molecule has 4 heteroatoms. The molecule has 0 aliphatic carbocycles. The van der Waals surface area contributed by atoms with Crippen LogP contribution in [0.4, 0.5) is 0 Å². The average Bonchev–Trinajstić information content (AvgIpc) is 2.50. The number of nitrogens with zero attached hydrogens (tertiary/aromatic N) is 1. The van der Waals surface area contributed by atoms with Crippen molar-refractivity contribution in [2.45, 2.75) is 25.0 Å². The van der Waals surface area contributed by atoms with Gasteiger partial charge in [-0.1, -0.05) is 0 Å². The summed E-state index contributed by atoms with van der Waals surface area (Å²) in [4.78, 5) is 2.01. The van der Waals surface area contributed by atoms with E-state index >= 15 is 0 Å². The highest BCUT2D eigenvalue weighted by molar-refractivity contribution is 4.83. The van der Waals surface area contributed by atoms with Gasteiger partial charge in [0.15, 0.2) is 0 Å². The van der Waals surface area contributed by atoms with Gasteiger partial charge in [-0.05, 0) is 34.0 Å². The maximum absolute atomic E-state index is 10.0. The largest absolute Gasteiger partial charge is 0.388 e. The summed E-state index contributed by atoms with van der Waals surface area (Å²) in [5, 5.41) is 16.7. The van der Waals surface area contributed by atoms with Crippen LogP contribution < -0.4 is 10.6 Å². The molecule has 1 aliphatic heterocycles. The van der Waals surface area contributed by atoms with Crippen molar-refractivity contribution in [3.63, 3.8) is 0 Å². The second kappa shape index (κ2) is 5.07. The van der Waals surface area contributed by atoms with Crippen LogP contribution in [-0.2, 0) is 0 Å². The van der Waals surface area contributed by atoms with Crippen LogP contribution in [0.25, 0.3) is 0 Å². The Balaban J connectivity index is 2.20. The monoisotopic (exact) mass is 201 g/mol. The molecular weight excluding hydrogens is 178 g/mol. The number of nitrogens with one attached hydrogen (secondary N) is 2. The van der Waals surface area contributed by atoms with Crippen LogP contribution in [0, 0.1) is 0 Å². The van der Waals surface area contributed by atoms with E-state index < -0.39 is 5.60 Å². The van der Waals surface area contributed by atoms with Crippen LogP contribution in [0.2, 0.25) is 0 Å². The van der Waals surface area contributed by atoms with Crippen LogP contribution in [0.15, 0.2) is 0 Å². The molecule has 1 saturated heterocycles. The molecular formula is C10H23N3O. The highest BCUT2D eigenvalue weighted by Gasteiger charge is 2.23. The minimum atomic E-state index is -0.633. The topological polar surface area (TPSA) is 47.5 Å². The van der Waals surface area contributed by atoms with Crippen LogP contribution in [0.3, 0.4) is 0 Å². The summed E-state index contributed by atoms with van der Waals surface area (Å²) in [7, 11) is 3.96. The Morgan fingerprint density at radius 3 is 2.79 bits per heavy atom. The van der Waals surface area contributed by atoms with Gasteiger partial charge in [0, 0.05) is 25.7 Å². The van der Waals surface area contributed by atoms with E-state index in [0.29, 0.717) is 19.1 Å². The van der Waals surface area contributed by atoms with Gasteiger partial charge in [-0.25, -0.2) is 0 Å². The van der Waals surface area contributed by atoms with Crippen molar-refractivity contribution >= 4 is 0 Å². The Morgan fingerprint density at radius 1 is 1.57 bits per heavy atom. The first-order chi connectivity index (χ1) is 6.49. The lowest BCUT2D eigenvalue weighted by Crippen LogP contribution is -2.48. The van der Waals surface area contributed by atoms with Gasteiger partial charge in [-0.2, -0.15) is 0 Å². The first-order valence-electron chi connectivity index (χ1n) is 5.31. The summed E-state index contributed by atoms with van der Waals surface area (Å²) < 4.78 is 0. The molecule has 84 valence electrons. The van der Waals surface area contributed by atoms with Crippen LogP contribution in [0.5, 0.6) is 0 Å². The molecule has 0 aromatic heterocycles. The molecule has 3 N–H and O–H groups in total. The van der Waals surface area contributed by atoms with E-state index in [4.69, 9.17) is 0 Å². The first kappa shape index (κ1) is 11.9. The highest BCUT2D eigenvalue weighted by atomic mass is 16.3. The van der Waals surface area contributed by atoms with E-state index in [1.165, 1.54) is 0 Å². The molecule has 0 amide bonds. The van der Waals surface area contributed by atoms with E-state index in [0.717, 1.165) is 19.5 Å². The van der Waals surface area contributed by atoms with Gasteiger partial charge in [-0.3, -0.25) is 0 Å². The lowest BCUT2D eigenvalue weighted by Gasteiger charge is -2.28. The van der Waals surface area contributed by atoms with Crippen LogP contribution in [-0.4, -0.2) is 61.9 Å². The fraction of sp³-hybridized carbons (Fsp3) is 1.00. The van der Waals surface area contributed by atoms with E-state index in [2.05, 4.69) is 10.6 Å². The minimum absolute atomic E-state index is 0.531. The molecule has 0 bridgehead atoms. The summed E-state index contributed by atoms with van der Waals surface area (Å²) in [6.45, 7) is 5.35. The summed E-state index contributed by atoms with van der Waals surface area (Å²) in [5.74, 6) is 0. The molecule has 0 saturated carbocycles. The Bertz CT molecular complexity index is 165. The quantitative estimate of drug-likeness (QED) is 0.548. The number of hydrogen-bond acceptors (Lipinski definition) is 4. The molecule has 0 radical (unpaired) electrons. The molecule has 2 unspecified atom stereocenters. The highest BCUT2D eigenvalue weighted by Crippen LogP contribution is 2.05. The molecule has 0 aromatic rings. The zero-order valence-corrected chi connectivity index (χ0v) is 9.51. The molecule has 0 spiro atoms. The summed E-state index contributed by atoms with van der Waals surface area (Å²) >= 11 is 0. The van der Waals surface area contributed by atoms with Crippen molar-refractivity contribution in [3.8, 4) is 0 Å². The van der Waals surface area contributed by atoms with E-state index in [1.54, 1.807) is 0 Å². The van der Waals surface area contributed by atoms with Crippen molar-refractivity contribution in [2.75, 3.05) is 40.3 Å². The second-order valence-electron chi connectivity index (χ2n) is 4.81. The van der Waals surface area contributed by atoms with Crippen molar-refractivity contribution < 1.29 is 5.11 Å². The molecule has 14 heavy (non-hydrogen) atoms. The predicted octanol–water partition coefficient (Wildman–Crippen LogP) is -0.749. The van der Waals surface area contributed by atoms with Crippen LogP contribution in [0.1, 0.15) is 13.3 Å². The minimum Gasteiger partial charge on any atom is -0.388 e. The fourth-order valence-corrected chi connectivity index (χ4v) is 1.93. The maximum atomic E-state index is 10.0. The lowest BCUT2D eigenvalue weighted by atomic mass is 10.1. The summed E-state index contributed by atoms with van der Waals surface area (Å²) in [6, 6.07) is 0.531. The van der Waals surface area contributed by atoms with Gasteiger partial charge in [0.05, 0.1) is 5.60 Å². The normalized spacial score (nSPS) is 26.8. The van der Waals surface area contributed by atoms with Gasteiger partial charge in [0.1, 0.15) is 0 Å². The molecule has 2 atom stereocenters. The number of rotatable bonds is 5. The zero-order valence-electron chi connectivity index (χ0n) is 9.51. The molecule has 0 aromatic carbocycles. The third kappa shape index (κ3) is 4.37. The lowest BCUT2D eigenvalue weighted by molar-refractivity contribution is 0.0318. The van der Waals surface area contributed by atoms with E-state index in [1.807, 2.05) is 25.9 Å². The maximum Gasteiger partial charge on any atom is 0.0869 e. The van der Waals surface area contributed by atoms with Crippen molar-refractivity contribution in [1.82, 2.24) is 15.5 Å². The average molecular weight is 201 g/mol.